The molecule has 7 nitrogen and oxygen atoms in total. The number of carbonyl (C=O) groups is 2. The summed E-state index contributed by atoms with van der Waals surface area (Å²) in [4.78, 5) is 27.0. The molecule has 0 radical (unpaired) electrons. The van der Waals surface area contributed by atoms with E-state index in [0.29, 0.717) is 23.1 Å². The van der Waals surface area contributed by atoms with Crippen LogP contribution in [0.3, 0.4) is 0 Å². The van der Waals surface area contributed by atoms with Gasteiger partial charge in [0.05, 0.1) is 0 Å². The molecule has 8 heteroatoms. The van der Waals surface area contributed by atoms with Crippen molar-refractivity contribution < 1.29 is 9.59 Å². The summed E-state index contributed by atoms with van der Waals surface area (Å²) in [6, 6.07) is 0.223. The third-order valence-electron chi connectivity index (χ3n) is 2.06. The predicted molar refractivity (Wildman–Crippen MR) is 76.3 cm³/mol. The molecule has 0 unspecified atom stereocenters. The summed E-state index contributed by atoms with van der Waals surface area (Å²) in [6.07, 6.45) is 0. The molecule has 0 bridgehead atoms. The van der Waals surface area contributed by atoms with Gasteiger partial charge in [-0.2, -0.15) is 0 Å². The van der Waals surface area contributed by atoms with Crippen molar-refractivity contribution in [2.45, 2.75) is 26.8 Å². The van der Waals surface area contributed by atoms with Crippen LogP contribution in [-0.2, 0) is 4.79 Å². The zero-order chi connectivity index (χ0) is 14.4. The van der Waals surface area contributed by atoms with Crippen LogP contribution < -0.4 is 21.7 Å². The second kappa shape index (κ2) is 6.93. The van der Waals surface area contributed by atoms with E-state index in [-0.39, 0.29) is 23.7 Å². The van der Waals surface area contributed by atoms with Crippen molar-refractivity contribution in [2.24, 2.45) is 0 Å². The lowest BCUT2D eigenvalue weighted by atomic mass is 10.4. The SMILES string of the molecule is CC(=O)NCCNC(=O)c1sc(NC(C)C)nc1N. The van der Waals surface area contributed by atoms with Crippen LogP contribution in [0.1, 0.15) is 30.4 Å². The Balaban J connectivity index is 2.52. The molecule has 106 valence electrons. The molecule has 0 aliphatic carbocycles. The van der Waals surface area contributed by atoms with Gasteiger partial charge in [-0.05, 0) is 13.8 Å². The van der Waals surface area contributed by atoms with Gasteiger partial charge in [-0.3, -0.25) is 9.59 Å². The molecular weight excluding hydrogens is 266 g/mol. The number of rotatable bonds is 6. The van der Waals surface area contributed by atoms with E-state index in [1.165, 1.54) is 18.3 Å². The first-order valence-corrected chi connectivity index (χ1v) is 6.77. The maximum absolute atomic E-state index is 11.8. The Hall–Kier alpha value is -1.83. The van der Waals surface area contributed by atoms with E-state index in [1.54, 1.807) is 0 Å². The summed E-state index contributed by atoms with van der Waals surface area (Å²) in [7, 11) is 0. The van der Waals surface area contributed by atoms with Gasteiger partial charge in [0.25, 0.3) is 5.91 Å². The number of thiazole rings is 1. The Morgan fingerprint density at radius 3 is 2.53 bits per heavy atom. The Kier molecular flexibility index (Phi) is 5.56. The summed E-state index contributed by atoms with van der Waals surface area (Å²) < 4.78 is 0. The number of aromatic nitrogens is 1. The number of hydrogen-bond acceptors (Lipinski definition) is 6. The van der Waals surface area contributed by atoms with Crippen LogP contribution in [0, 0.1) is 0 Å². The molecule has 1 heterocycles. The van der Waals surface area contributed by atoms with Crippen LogP contribution in [0.4, 0.5) is 10.9 Å². The number of nitrogens with one attached hydrogen (secondary N) is 3. The fraction of sp³-hybridized carbons (Fsp3) is 0.545. The van der Waals surface area contributed by atoms with Crippen LogP contribution in [-0.4, -0.2) is 35.9 Å². The van der Waals surface area contributed by atoms with Crippen LogP contribution >= 0.6 is 11.3 Å². The van der Waals surface area contributed by atoms with Crippen molar-refractivity contribution >= 4 is 34.1 Å². The molecule has 1 aromatic heterocycles. The van der Waals surface area contributed by atoms with E-state index in [9.17, 15) is 9.59 Å². The lowest BCUT2D eigenvalue weighted by Gasteiger charge is -2.04. The molecule has 0 aliphatic heterocycles. The minimum Gasteiger partial charge on any atom is -0.382 e. The van der Waals surface area contributed by atoms with Crippen LogP contribution in [0.2, 0.25) is 0 Å². The van der Waals surface area contributed by atoms with Gasteiger partial charge < -0.3 is 21.7 Å². The fourth-order valence-corrected chi connectivity index (χ4v) is 2.25. The number of carbonyl (C=O) groups excluding carboxylic acids is 2. The molecule has 19 heavy (non-hydrogen) atoms. The number of nitrogens with two attached hydrogens (primary N) is 1. The van der Waals surface area contributed by atoms with Crippen LogP contribution in [0.5, 0.6) is 0 Å². The molecule has 0 spiro atoms. The number of nitrogen functional groups attached to an aromatic ring is 1. The molecule has 1 rings (SSSR count). The van der Waals surface area contributed by atoms with Crippen molar-refractivity contribution in [3.8, 4) is 0 Å². The lowest BCUT2D eigenvalue weighted by Crippen LogP contribution is -2.33. The normalized spacial score (nSPS) is 10.3. The minimum absolute atomic E-state index is 0.130. The highest BCUT2D eigenvalue weighted by molar-refractivity contribution is 7.18. The van der Waals surface area contributed by atoms with Gasteiger partial charge in [-0.25, -0.2) is 4.98 Å². The van der Waals surface area contributed by atoms with Gasteiger partial charge in [0, 0.05) is 26.1 Å². The van der Waals surface area contributed by atoms with E-state index >= 15 is 0 Å². The molecule has 0 aliphatic rings. The molecule has 1 aromatic rings. The fourth-order valence-electron chi connectivity index (χ4n) is 1.30. The molecule has 0 fully saturated rings. The average Bonchev–Trinajstić information content (AvgIpc) is 2.64. The van der Waals surface area contributed by atoms with Crippen molar-refractivity contribution in [2.75, 3.05) is 24.1 Å². The quantitative estimate of drug-likeness (QED) is 0.566. The van der Waals surface area contributed by atoms with Crippen molar-refractivity contribution in [3.63, 3.8) is 0 Å². The summed E-state index contributed by atoms with van der Waals surface area (Å²) in [5.41, 5.74) is 5.70. The summed E-state index contributed by atoms with van der Waals surface area (Å²) in [5, 5.41) is 8.98. The first-order chi connectivity index (χ1) is 8.90. The smallest absolute Gasteiger partial charge is 0.265 e. The largest absolute Gasteiger partial charge is 0.382 e. The third-order valence-corrected chi connectivity index (χ3v) is 3.06. The molecule has 0 saturated carbocycles. The first kappa shape index (κ1) is 15.2. The number of anilines is 2. The van der Waals surface area contributed by atoms with E-state index in [2.05, 4.69) is 20.9 Å². The number of hydrogen-bond donors (Lipinski definition) is 4. The topological polar surface area (TPSA) is 109 Å². The zero-order valence-corrected chi connectivity index (χ0v) is 12.1. The Bertz CT molecular complexity index is 458. The van der Waals surface area contributed by atoms with E-state index in [4.69, 9.17) is 5.73 Å². The predicted octanol–water partition coefficient (Wildman–Crippen LogP) is 0.411. The Morgan fingerprint density at radius 1 is 1.32 bits per heavy atom. The molecule has 0 saturated heterocycles. The highest BCUT2D eigenvalue weighted by Crippen LogP contribution is 2.25. The highest BCUT2D eigenvalue weighted by Gasteiger charge is 2.16. The second-order valence-corrected chi connectivity index (χ2v) is 5.27. The monoisotopic (exact) mass is 285 g/mol. The van der Waals surface area contributed by atoms with E-state index in [1.807, 2.05) is 13.8 Å². The molecule has 0 atom stereocenters. The summed E-state index contributed by atoms with van der Waals surface area (Å²) >= 11 is 1.21. The Labute approximate surface area is 116 Å². The van der Waals surface area contributed by atoms with Gasteiger partial charge in [-0.1, -0.05) is 11.3 Å². The first-order valence-electron chi connectivity index (χ1n) is 5.95. The van der Waals surface area contributed by atoms with Crippen LogP contribution in [0.25, 0.3) is 0 Å². The van der Waals surface area contributed by atoms with Crippen LogP contribution in [0.15, 0.2) is 0 Å². The molecule has 2 amide bonds. The lowest BCUT2D eigenvalue weighted by molar-refractivity contribution is -0.118. The maximum Gasteiger partial charge on any atom is 0.265 e. The molecule has 5 N–H and O–H groups in total. The summed E-state index contributed by atoms with van der Waals surface area (Å²) in [5.74, 6) is -0.197. The molecule has 0 aromatic carbocycles. The van der Waals surface area contributed by atoms with Gasteiger partial charge in [-0.15, -0.1) is 0 Å². The minimum atomic E-state index is -0.280. The van der Waals surface area contributed by atoms with Crippen molar-refractivity contribution in [1.29, 1.82) is 0 Å². The summed E-state index contributed by atoms with van der Waals surface area (Å²) in [6.45, 7) is 6.11. The number of nitrogens with zero attached hydrogens (tertiary/aromatic N) is 1. The second-order valence-electron chi connectivity index (χ2n) is 4.27. The van der Waals surface area contributed by atoms with Gasteiger partial charge >= 0.3 is 0 Å². The van der Waals surface area contributed by atoms with Gasteiger partial charge in [0.15, 0.2) is 5.13 Å². The van der Waals surface area contributed by atoms with E-state index in [0.717, 1.165) is 0 Å². The maximum atomic E-state index is 11.8. The average molecular weight is 285 g/mol. The van der Waals surface area contributed by atoms with Crippen molar-refractivity contribution in [3.05, 3.63) is 4.88 Å². The zero-order valence-electron chi connectivity index (χ0n) is 11.2. The highest BCUT2D eigenvalue weighted by atomic mass is 32.1. The van der Waals surface area contributed by atoms with Crippen molar-refractivity contribution in [1.82, 2.24) is 15.6 Å². The standard InChI is InChI=1S/C11H19N5O2S/c1-6(2)15-11-16-9(12)8(19-11)10(18)14-5-4-13-7(3)17/h6H,4-5,12H2,1-3H3,(H,13,17)(H,14,18)(H,15,16). The molecular formula is C11H19N5O2S. The third kappa shape index (κ3) is 5.12. The van der Waals surface area contributed by atoms with Gasteiger partial charge in [0.1, 0.15) is 10.7 Å². The number of amides is 2. The van der Waals surface area contributed by atoms with E-state index < -0.39 is 0 Å². The Morgan fingerprint density at radius 2 is 1.95 bits per heavy atom. The van der Waals surface area contributed by atoms with Gasteiger partial charge in [0.2, 0.25) is 5.91 Å².